The maximum Gasteiger partial charge on any atom is 0.309 e. The van der Waals surface area contributed by atoms with Crippen molar-refractivity contribution >= 4 is 41.8 Å². The summed E-state index contributed by atoms with van der Waals surface area (Å²) in [7, 11) is 3.40. The van der Waals surface area contributed by atoms with Crippen LogP contribution in [0, 0.1) is 5.92 Å². The minimum absolute atomic E-state index is 0. The fraction of sp³-hybridized carbons (Fsp3) is 0.550. The molecule has 8 heteroatoms. The van der Waals surface area contributed by atoms with E-state index >= 15 is 0 Å². The number of benzene rings is 1. The SMILES string of the molecule is CCOC(=O)C1CCN(C(=NC)NCCc2cccc(C(=O)NC)c2)CC1.I. The van der Waals surface area contributed by atoms with E-state index in [4.69, 9.17) is 4.74 Å². The molecule has 2 rings (SSSR count). The molecule has 0 spiro atoms. The first kappa shape index (κ1) is 24.2. The van der Waals surface area contributed by atoms with E-state index in [1.807, 2.05) is 31.2 Å². The molecule has 0 bridgehead atoms. The van der Waals surface area contributed by atoms with Crippen molar-refractivity contribution in [3.05, 3.63) is 35.4 Å². The van der Waals surface area contributed by atoms with Crippen LogP contribution in [0.5, 0.6) is 0 Å². The van der Waals surface area contributed by atoms with Gasteiger partial charge in [0.05, 0.1) is 12.5 Å². The van der Waals surface area contributed by atoms with Gasteiger partial charge in [-0.15, -0.1) is 24.0 Å². The van der Waals surface area contributed by atoms with Gasteiger partial charge in [-0.25, -0.2) is 0 Å². The van der Waals surface area contributed by atoms with Crippen LogP contribution < -0.4 is 10.6 Å². The van der Waals surface area contributed by atoms with Crippen LogP contribution in [0.1, 0.15) is 35.7 Å². The monoisotopic (exact) mass is 502 g/mol. The number of esters is 1. The van der Waals surface area contributed by atoms with Crippen molar-refractivity contribution in [1.29, 1.82) is 0 Å². The standard InChI is InChI=1S/C20H30N4O3.HI/c1-4-27-19(26)16-9-12-24(13-10-16)20(22-3)23-11-8-15-6-5-7-17(14-15)18(25)21-2;/h5-7,14,16H,4,8-13H2,1-3H3,(H,21,25)(H,22,23);1H. The zero-order valence-electron chi connectivity index (χ0n) is 16.9. The molecule has 0 saturated carbocycles. The Morgan fingerprint density at radius 3 is 2.61 bits per heavy atom. The Morgan fingerprint density at radius 1 is 1.29 bits per heavy atom. The van der Waals surface area contributed by atoms with Crippen LogP contribution in [0.25, 0.3) is 0 Å². The third-order valence-electron chi connectivity index (χ3n) is 4.74. The molecular formula is C20H31IN4O3. The van der Waals surface area contributed by atoms with Crippen LogP contribution in [0.4, 0.5) is 0 Å². The zero-order valence-corrected chi connectivity index (χ0v) is 19.2. The summed E-state index contributed by atoms with van der Waals surface area (Å²) in [4.78, 5) is 30.1. The Bertz CT molecular complexity index is 673. The van der Waals surface area contributed by atoms with E-state index < -0.39 is 0 Å². The van der Waals surface area contributed by atoms with Crippen molar-refractivity contribution in [3.8, 4) is 0 Å². The fourth-order valence-corrected chi connectivity index (χ4v) is 3.25. The van der Waals surface area contributed by atoms with Crippen LogP contribution in [0.2, 0.25) is 0 Å². The summed E-state index contributed by atoms with van der Waals surface area (Å²) >= 11 is 0. The number of halogens is 1. The average Bonchev–Trinajstić information content (AvgIpc) is 2.71. The van der Waals surface area contributed by atoms with Crippen molar-refractivity contribution in [3.63, 3.8) is 0 Å². The smallest absolute Gasteiger partial charge is 0.309 e. The number of nitrogens with one attached hydrogen (secondary N) is 2. The minimum Gasteiger partial charge on any atom is -0.466 e. The van der Waals surface area contributed by atoms with E-state index in [2.05, 4.69) is 20.5 Å². The zero-order chi connectivity index (χ0) is 19.6. The number of piperidine rings is 1. The van der Waals surface area contributed by atoms with E-state index in [0.717, 1.165) is 50.4 Å². The molecule has 1 amide bonds. The van der Waals surface area contributed by atoms with Crippen LogP contribution in [0.3, 0.4) is 0 Å². The maximum absolute atomic E-state index is 11.9. The van der Waals surface area contributed by atoms with E-state index in [0.29, 0.717) is 12.2 Å². The molecule has 0 aromatic heterocycles. The number of amides is 1. The van der Waals surface area contributed by atoms with Crippen LogP contribution in [0.15, 0.2) is 29.3 Å². The largest absolute Gasteiger partial charge is 0.466 e. The predicted molar refractivity (Wildman–Crippen MR) is 121 cm³/mol. The second kappa shape index (κ2) is 12.6. The molecule has 1 aliphatic rings. The normalized spacial score (nSPS) is 14.8. The van der Waals surface area contributed by atoms with Crippen molar-refractivity contribution in [2.24, 2.45) is 10.9 Å². The van der Waals surface area contributed by atoms with Crippen molar-refractivity contribution in [2.75, 3.05) is 40.3 Å². The summed E-state index contributed by atoms with van der Waals surface area (Å²) in [5.41, 5.74) is 1.76. The number of carbonyl (C=O) groups excluding carboxylic acids is 2. The Kier molecular flexibility index (Phi) is 10.9. The summed E-state index contributed by atoms with van der Waals surface area (Å²) in [6, 6.07) is 7.63. The number of carbonyl (C=O) groups is 2. The topological polar surface area (TPSA) is 83.0 Å². The molecule has 1 saturated heterocycles. The number of hydrogen-bond donors (Lipinski definition) is 2. The van der Waals surface area contributed by atoms with E-state index in [1.54, 1.807) is 14.1 Å². The first-order chi connectivity index (χ1) is 13.1. The van der Waals surface area contributed by atoms with Crippen molar-refractivity contribution in [2.45, 2.75) is 26.2 Å². The lowest BCUT2D eigenvalue weighted by molar-refractivity contribution is -0.149. The summed E-state index contributed by atoms with van der Waals surface area (Å²) in [5.74, 6) is 0.674. The van der Waals surface area contributed by atoms with Gasteiger partial charge < -0.3 is 20.3 Å². The van der Waals surface area contributed by atoms with Gasteiger partial charge in [-0.05, 0) is 43.9 Å². The molecule has 1 aliphatic heterocycles. The highest BCUT2D eigenvalue weighted by Gasteiger charge is 2.27. The van der Waals surface area contributed by atoms with Gasteiger partial charge in [0.2, 0.25) is 0 Å². The molecule has 1 aromatic rings. The number of ether oxygens (including phenoxy) is 1. The second-order valence-corrected chi connectivity index (χ2v) is 6.52. The quantitative estimate of drug-likeness (QED) is 0.270. The predicted octanol–water partition coefficient (Wildman–Crippen LogP) is 2.06. The molecule has 2 N–H and O–H groups in total. The van der Waals surface area contributed by atoms with Gasteiger partial charge in [0.15, 0.2) is 5.96 Å². The molecule has 0 unspecified atom stereocenters. The van der Waals surface area contributed by atoms with Crippen molar-refractivity contribution in [1.82, 2.24) is 15.5 Å². The Morgan fingerprint density at radius 2 is 2.00 bits per heavy atom. The van der Waals surface area contributed by atoms with Gasteiger partial charge in [0.25, 0.3) is 5.91 Å². The van der Waals surface area contributed by atoms with E-state index in [9.17, 15) is 9.59 Å². The number of hydrogen-bond acceptors (Lipinski definition) is 4. The molecule has 0 radical (unpaired) electrons. The van der Waals surface area contributed by atoms with Crippen LogP contribution in [-0.4, -0.2) is 63.1 Å². The van der Waals surface area contributed by atoms with Gasteiger partial charge in [0, 0.05) is 39.3 Å². The van der Waals surface area contributed by atoms with Gasteiger partial charge >= 0.3 is 5.97 Å². The van der Waals surface area contributed by atoms with Gasteiger partial charge in [-0.1, -0.05) is 12.1 Å². The van der Waals surface area contributed by atoms with Crippen LogP contribution >= 0.6 is 24.0 Å². The summed E-state index contributed by atoms with van der Waals surface area (Å²) in [5, 5.41) is 6.02. The number of nitrogens with zero attached hydrogens (tertiary/aromatic N) is 2. The van der Waals surface area contributed by atoms with E-state index in [-0.39, 0.29) is 41.8 Å². The van der Waals surface area contributed by atoms with E-state index in [1.165, 1.54) is 0 Å². The highest BCUT2D eigenvalue weighted by atomic mass is 127. The number of aliphatic imine (C=N–C) groups is 1. The van der Waals surface area contributed by atoms with Crippen molar-refractivity contribution < 1.29 is 14.3 Å². The van der Waals surface area contributed by atoms with Crippen LogP contribution in [-0.2, 0) is 16.0 Å². The molecule has 1 aromatic carbocycles. The Labute approximate surface area is 184 Å². The highest BCUT2D eigenvalue weighted by Crippen LogP contribution is 2.18. The summed E-state index contributed by atoms with van der Waals surface area (Å²) in [6.07, 6.45) is 2.37. The average molecular weight is 502 g/mol. The number of guanidine groups is 1. The van der Waals surface area contributed by atoms with Gasteiger partial charge in [-0.3, -0.25) is 14.6 Å². The third kappa shape index (κ3) is 6.96. The number of rotatable bonds is 6. The fourth-order valence-electron chi connectivity index (χ4n) is 3.25. The third-order valence-corrected chi connectivity index (χ3v) is 4.74. The summed E-state index contributed by atoms with van der Waals surface area (Å²) in [6.45, 7) is 4.57. The lowest BCUT2D eigenvalue weighted by Crippen LogP contribution is -2.47. The Balaban J connectivity index is 0.00000392. The lowest BCUT2D eigenvalue weighted by atomic mass is 9.97. The highest BCUT2D eigenvalue weighted by molar-refractivity contribution is 14.0. The second-order valence-electron chi connectivity index (χ2n) is 6.52. The minimum atomic E-state index is -0.0869. The molecule has 28 heavy (non-hydrogen) atoms. The van der Waals surface area contributed by atoms with Gasteiger partial charge in [0.1, 0.15) is 0 Å². The molecule has 7 nitrogen and oxygen atoms in total. The molecule has 1 heterocycles. The lowest BCUT2D eigenvalue weighted by Gasteiger charge is -2.33. The first-order valence-corrected chi connectivity index (χ1v) is 9.52. The maximum atomic E-state index is 11.9. The Hall–Kier alpha value is -1.84. The first-order valence-electron chi connectivity index (χ1n) is 9.52. The molecule has 156 valence electrons. The van der Waals surface area contributed by atoms with Gasteiger partial charge in [-0.2, -0.15) is 0 Å². The molecule has 0 aliphatic carbocycles. The summed E-state index contributed by atoms with van der Waals surface area (Å²) < 4.78 is 5.12. The number of likely N-dealkylation sites (tertiary alicyclic amines) is 1. The molecular weight excluding hydrogens is 471 g/mol. The molecule has 0 atom stereocenters. The molecule has 1 fully saturated rings.